The van der Waals surface area contributed by atoms with Crippen LogP contribution in [0.15, 0.2) is 78.0 Å². The van der Waals surface area contributed by atoms with Gasteiger partial charge in [-0.3, -0.25) is 15.1 Å². The molecule has 148 valence electrons. The van der Waals surface area contributed by atoms with E-state index in [0.717, 1.165) is 22.6 Å². The molecule has 6 nitrogen and oxygen atoms in total. The van der Waals surface area contributed by atoms with E-state index in [1.54, 1.807) is 36.7 Å². The van der Waals surface area contributed by atoms with E-state index in [2.05, 4.69) is 20.6 Å². The number of aliphatic imine (C=N–C) groups is 1. The molecule has 3 rings (SSSR count). The summed E-state index contributed by atoms with van der Waals surface area (Å²) in [6.45, 7) is 4.90. The highest BCUT2D eigenvalue weighted by atomic mass is 16.5. The fourth-order valence-corrected chi connectivity index (χ4v) is 2.68. The first-order valence-corrected chi connectivity index (χ1v) is 9.45. The number of anilines is 1. The fourth-order valence-electron chi connectivity index (χ4n) is 2.68. The molecule has 0 saturated carbocycles. The van der Waals surface area contributed by atoms with Crippen LogP contribution in [0.1, 0.15) is 28.4 Å². The van der Waals surface area contributed by atoms with Crippen LogP contribution in [-0.2, 0) is 6.54 Å². The maximum Gasteiger partial charge on any atom is 0.257 e. The molecule has 0 unspecified atom stereocenters. The molecule has 1 aromatic heterocycles. The Morgan fingerprint density at radius 2 is 1.93 bits per heavy atom. The molecule has 2 aromatic carbocycles. The average molecular weight is 388 g/mol. The van der Waals surface area contributed by atoms with Gasteiger partial charge in [-0.25, -0.2) is 4.99 Å². The van der Waals surface area contributed by atoms with Crippen LogP contribution in [0.25, 0.3) is 0 Å². The normalized spacial score (nSPS) is 11.0. The zero-order valence-electron chi connectivity index (χ0n) is 16.6. The predicted octanol–water partition coefficient (Wildman–Crippen LogP) is 4.19. The second-order valence-corrected chi connectivity index (χ2v) is 6.43. The van der Waals surface area contributed by atoms with Crippen molar-refractivity contribution in [3.8, 4) is 5.75 Å². The first-order chi connectivity index (χ1) is 14.1. The Morgan fingerprint density at radius 3 is 2.62 bits per heavy atom. The summed E-state index contributed by atoms with van der Waals surface area (Å²) in [4.78, 5) is 21.3. The number of benzene rings is 2. The second-order valence-electron chi connectivity index (χ2n) is 6.43. The van der Waals surface area contributed by atoms with Crippen LogP contribution >= 0.6 is 0 Å². The topological polar surface area (TPSA) is 75.6 Å². The number of nitrogens with zero attached hydrogens (tertiary/aromatic N) is 2. The van der Waals surface area contributed by atoms with Gasteiger partial charge in [0.25, 0.3) is 5.91 Å². The van der Waals surface area contributed by atoms with Crippen molar-refractivity contribution in [3.05, 3.63) is 89.7 Å². The number of hydrogen-bond donors (Lipinski definition) is 2. The molecule has 0 fully saturated rings. The lowest BCUT2D eigenvalue weighted by Crippen LogP contribution is -2.36. The van der Waals surface area contributed by atoms with Crippen molar-refractivity contribution in [3.63, 3.8) is 0 Å². The van der Waals surface area contributed by atoms with Gasteiger partial charge in [0.2, 0.25) is 5.96 Å². The molecule has 0 aliphatic rings. The van der Waals surface area contributed by atoms with Crippen LogP contribution in [0.3, 0.4) is 0 Å². The van der Waals surface area contributed by atoms with E-state index in [4.69, 9.17) is 4.74 Å². The van der Waals surface area contributed by atoms with Crippen LogP contribution < -0.4 is 15.4 Å². The Balaban J connectivity index is 1.77. The summed E-state index contributed by atoms with van der Waals surface area (Å²) in [6.07, 6.45) is 3.47. The van der Waals surface area contributed by atoms with Crippen molar-refractivity contribution in [1.29, 1.82) is 0 Å². The molecule has 2 N–H and O–H groups in total. The van der Waals surface area contributed by atoms with Gasteiger partial charge in [0.1, 0.15) is 5.75 Å². The summed E-state index contributed by atoms with van der Waals surface area (Å²) < 4.78 is 5.43. The molecule has 0 radical (unpaired) electrons. The van der Waals surface area contributed by atoms with E-state index in [-0.39, 0.29) is 5.91 Å². The first kappa shape index (κ1) is 20.1. The lowest BCUT2D eigenvalue weighted by molar-refractivity contribution is 0.0977. The van der Waals surface area contributed by atoms with Crippen molar-refractivity contribution < 1.29 is 9.53 Å². The maximum atomic E-state index is 12.7. The van der Waals surface area contributed by atoms with Gasteiger partial charge in [-0.1, -0.05) is 18.2 Å². The van der Waals surface area contributed by atoms with Crippen molar-refractivity contribution in [1.82, 2.24) is 10.3 Å². The van der Waals surface area contributed by atoms with Crippen molar-refractivity contribution in [2.45, 2.75) is 20.4 Å². The van der Waals surface area contributed by atoms with Gasteiger partial charge >= 0.3 is 0 Å². The molecule has 0 atom stereocenters. The molecule has 1 amide bonds. The van der Waals surface area contributed by atoms with Gasteiger partial charge in [-0.05, 0) is 67.4 Å². The molecule has 6 heteroatoms. The molecule has 1 heterocycles. The molecule has 0 aliphatic carbocycles. The van der Waals surface area contributed by atoms with Gasteiger partial charge in [0.15, 0.2) is 0 Å². The minimum absolute atomic E-state index is 0.252. The van der Waals surface area contributed by atoms with Crippen molar-refractivity contribution in [2.75, 3.05) is 11.9 Å². The molecule has 0 saturated heterocycles. The number of carbonyl (C=O) groups excluding carboxylic acids is 1. The third-order valence-electron chi connectivity index (χ3n) is 4.08. The maximum absolute atomic E-state index is 12.7. The van der Waals surface area contributed by atoms with E-state index in [1.807, 2.05) is 50.2 Å². The first-order valence-electron chi connectivity index (χ1n) is 9.45. The minimum atomic E-state index is -0.252. The zero-order chi connectivity index (χ0) is 20.5. The molecule has 29 heavy (non-hydrogen) atoms. The number of rotatable bonds is 6. The van der Waals surface area contributed by atoms with Crippen LogP contribution in [0.5, 0.6) is 5.75 Å². The number of hydrogen-bond acceptors (Lipinski definition) is 4. The zero-order valence-corrected chi connectivity index (χ0v) is 16.6. The van der Waals surface area contributed by atoms with E-state index in [0.29, 0.717) is 24.7 Å². The number of amides is 1. The summed E-state index contributed by atoms with van der Waals surface area (Å²) in [5.74, 6) is 0.851. The van der Waals surface area contributed by atoms with E-state index < -0.39 is 0 Å². The minimum Gasteiger partial charge on any atom is -0.494 e. The van der Waals surface area contributed by atoms with Crippen LogP contribution in [0, 0.1) is 6.92 Å². The Kier molecular flexibility index (Phi) is 6.95. The number of aromatic nitrogens is 1. The SMILES string of the molecule is CCOc1ccc(C(=O)NC(=NCc2cccnc2)Nc2cccc(C)c2)cc1. The second kappa shape index (κ2) is 10.0. The van der Waals surface area contributed by atoms with Crippen molar-refractivity contribution >= 4 is 17.6 Å². The molecule has 0 spiro atoms. The highest BCUT2D eigenvalue weighted by molar-refractivity contribution is 6.10. The average Bonchev–Trinajstić information content (AvgIpc) is 2.73. The predicted molar refractivity (Wildman–Crippen MR) is 115 cm³/mol. The summed E-state index contributed by atoms with van der Waals surface area (Å²) in [5.41, 5.74) is 3.43. The van der Waals surface area contributed by atoms with Crippen molar-refractivity contribution in [2.24, 2.45) is 4.99 Å². The highest BCUT2D eigenvalue weighted by Crippen LogP contribution is 2.13. The van der Waals surface area contributed by atoms with Crippen LogP contribution in [0.4, 0.5) is 5.69 Å². The summed E-state index contributed by atoms with van der Waals surface area (Å²) in [5, 5.41) is 6.06. The van der Waals surface area contributed by atoms with Gasteiger partial charge in [0.05, 0.1) is 13.2 Å². The molecule has 3 aromatic rings. The summed E-state index contributed by atoms with van der Waals surface area (Å²) >= 11 is 0. The largest absolute Gasteiger partial charge is 0.494 e. The quantitative estimate of drug-likeness (QED) is 0.490. The summed E-state index contributed by atoms with van der Waals surface area (Å²) in [7, 11) is 0. The van der Waals surface area contributed by atoms with Gasteiger partial charge in [0, 0.05) is 23.6 Å². The number of carbonyl (C=O) groups is 1. The standard InChI is InChI=1S/C23H24N4O2/c1-3-29-21-11-9-19(10-12-21)22(28)27-23(25-16-18-7-5-13-24-15-18)26-20-8-4-6-17(2)14-20/h4-15H,3,16H2,1-2H3,(H2,25,26,27,28). The lowest BCUT2D eigenvalue weighted by atomic mass is 10.2. The molecular formula is C23H24N4O2. The smallest absolute Gasteiger partial charge is 0.257 e. The molecule has 0 bridgehead atoms. The number of ether oxygens (including phenoxy) is 1. The van der Waals surface area contributed by atoms with E-state index in [1.165, 1.54) is 0 Å². The van der Waals surface area contributed by atoms with Gasteiger partial charge < -0.3 is 10.1 Å². The molecule has 0 aliphatic heterocycles. The van der Waals surface area contributed by atoms with Crippen LogP contribution in [0.2, 0.25) is 0 Å². The Morgan fingerprint density at radius 1 is 1.10 bits per heavy atom. The van der Waals surface area contributed by atoms with Crippen LogP contribution in [-0.4, -0.2) is 23.5 Å². The monoisotopic (exact) mass is 388 g/mol. The highest BCUT2D eigenvalue weighted by Gasteiger charge is 2.10. The Hall–Kier alpha value is -3.67. The Labute approximate surface area is 170 Å². The van der Waals surface area contributed by atoms with E-state index in [9.17, 15) is 4.79 Å². The number of nitrogens with one attached hydrogen (secondary N) is 2. The fraction of sp³-hybridized carbons (Fsp3) is 0.174. The number of pyridine rings is 1. The third kappa shape index (κ3) is 6.17. The third-order valence-corrected chi connectivity index (χ3v) is 4.08. The lowest BCUT2D eigenvalue weighted by Gasteiger charge is -2.13. The number of guanidine groups is 1. The van der Waals surface area contributed by atoms with E-state index >= 15 is 0 Å². The Bertz CT molecular complexity index is 970. The van der Waals surface area contributed by atoms with Gasteiger partial charge in [-0.2, -0.15) is 0 Å². The molecular weight excluding hydrogens is 364 g/mol. The number of aryl methyl sites for hydroxylation is 1. The summed E-state index contributed by atoms with van der Waals surface area (Å²) in [6, 6.07) is 18.7. The van der Waals surface area contributed by atoms with Gasteiger partial charge in [-0.15, -0.1) is 0 Å².